The molecule has 1 heterocycles. The first-order valence-corrected chi connectivity index (χ1v) is 12.6. The highest BCUT2D eigenvalue weighted by atomic mass is 127. The van der Waals surface area contributed by atoms with Gasteiger partial charge in [0.2, 0.25) is 10.0 Å². The SMILES string of the molecule is CCN(CCCNC(=NC)NCCS(=O)(=O)N1CCSCC1)c1ccccc1.I. The van der Waals surface area contributed by atoms with Gasteiger partial charge in [0.15, 0.2) is 5.96 Å². The molecule has 1 aromatic carbocycles. The number of hydrogen-bond acceptors (Lipinski definition) is 5. The molecule has 2 rings (SSSR count). The average Bonchev–Trinajstić information content (AvgIpc) is 2.73. The highest BCUT2D eigenvalue weighted by Gasteiger charge is 2.23. The smallest absolute Gasteiger partial charge is 0.215 e. The summed E-state index contributed by atoms with van der Waals surface area (Å²) in [5.74, 6) is 2.50. The van der Waals surface area contributed by atoms with Crippen molar-refractivity contribution in [2.75, 3.05) is 68.5 Å². The molecule has 0 bridgehead atoms. The lowest BCUT2D eigenvalue weighted by molar-refractivity contribution is 0.443. The van der Waals surface area contributed by atoms with E-state index in [-0.39, 0.29) is 29.7 Å². The van der Waals surface area contributed by atoms with Gasteiger partial charge in [-0.3, -0.25) is 4.99 Å². The molecule has 0 aromatic heterocycles. The molecule has 29 heavy (non-hydrogen) atoms. The molecule has 0 atom stereocenters. The van der Waals surface area contributed by atoms with Crippen LogP contribution in [0.3, 0.4) is 0 Å². The van der Waals surface area contributed by atoms with Gasteiger partial charge in [-0.15, -0.1) is 24.0 Å². The van der Waals surface area contributed by atoms with Crippen LogP contribution < -0.4 is 15.5 Å². The molecule has 1 aliphatic heterocycles. The molecule has 10 heteroatoms. The number of benzene rings is 1. The lowest BCUT2D eigenvalue weighted by atomic mass is 10.2. The zero-order valence-corrected chi connectivity index (χ0v) is 21.3. The van der Waals surface area contributed by atoms with Gasteiger partial charge in [-0.05, 0) is 25.5 Å². The second kappa shape index (κ2) is 14.3. The zero-order chi connectivity index (χ0) is 20.2. The summed E-state index contributed by atoms with van der Waals surface area (Å²) >= 11 is 1.81. The van der Waals surface area contributed by atoms with E-state index in [0.717, 1.165) is 37.6 Å². The summed E-state index contributed by atoms with van der Waals surface area (Å²) in [4.78, 5) is 6.52. The van der Waals surface area contributed by atoms with E-state index in [9.17, 15) is 8.42 Å². The van der Waals surface area contributed by atoms with Crippen LogP contribution in [-0.4, -0.2) is 82.3 Å². The van der Waals surface area contributed by atoms with Crippen molar-refractivity contribution in [2.24, 2.45) is 4.99 Å². The van der Waals surface area contributed by atoms with E-state index < -0.39 is 10.0 Å². The van der Waals surface area contributed by atoms with Crippen LogP contribution in [-0.2, 0) is 10.0 Å². The van der Waals surface area contributed by atoms with E-state index in [1.165, 1.54) is 5.69 Å². The van der Waals surface area contributed by atoms with Gasteiger partial charge in [-0.1, -0.05) is 18.2 Å². The van der Waals surface area contributed by atoms with Crippen molar-refractivity contribution in [3.05, 3.63) is 30.3 Å². The number of aliphatic imine (C=N–C) groups is 1. The lowest BCUT2D eigenvalue weighted by Gasteiger charge is -2.25. The van der Waals surface area contributed by atoms with Crippen molar-refractivity contribution in [1.29, 1.82) is 0 Å². The van der Waals surface area contributed by atoms with Gasteiger partial charge in [-0.2, -0.15) is 11.8 Å². The fourth-order valence-electron chi connectivity index (χ4n) is 3.06. The summed E-state index contributed by atoms with van der Waals surface area (Å²) < 4.78 is 26.3. The molecule has 2 N–H and O–H groups in total. The quantitative estimate of drug-likeness (QED) is 0.199. The number of nitrogens with zero attached hydrogens (tertiary/aromatic N) is 3. The highest BCUT2D eigenvalue weighted by Crippen LogP contribution is 2.13. The summed E-state index contributed by atoms with van der Waals surface area (Å²) in [6.07, 6.45) is 0.965. The van der Waals surface area contributed by atoms with Gasteiger partial charge >= 0.3 is 0 Å². The Morgan fingerprint density at radius 2 is 1.83 bits per heavy atom. The maximum Gasteiger partial charge on any atom is 0.215 e. The average molecular weight is 556 g/mol. The normalized spacial score (nSPS) is 15.4. The van der Waals surface area contributed by atoms with E-state index in [4.69, 9.17) is 0 Å². The van der Waals surface area contributed by atoms with Crippen LogP contribution in [0, 0.1) is 0 Å². The third kappa shape index (κ3) is 9.31. The number of thioether (sulfide) groups is 1. The molecule has 0 amide bonds. The first kappa shape index (κ1) is 26.3. The maximum absolute atomic E-state index is 12.4. The third-order valence-corrected chi connectivity index (χ3v) is 7.45. The van der Waals surface area contributed by atoms with Crippen LogP contribution in [0.5, 0.6) is 0 Å². The monoisotopic (exact) mass is 555 g/mol. The van der Waals surface area contributed by atoms with Gasteiger partial charge < -0.3 is 15.5 Å². The fraction of sp³-hybridized carbons (Fsp3) is 0.632. The number of rotatable bonds is 10. The fourth-order valence-corrected chi connectivity index (χ4v) is 5.55. The summed E-state index contributed by atoms with van der Waals surface area (Å²) in [6, 6.07) is 10.4. The number of guanidine groups is 1. The Morgan fingerprint density at radius 1 is 1.17 bits per heavy atom. The standard InChI is InChI=1S/C19H33N5O2S2.HI/c1-3-23(18-8-5-4-6-9-18)12-7-10-21-19(20-2)22-11-17-28(25,26)24-13-15-27-16-14-24;/h4-6,8-9H,3,7,10-17H2,1-2H3,(H2,20,21,22);1H. The Bertz CT molecular complexity index is 698. The molecule has 0 saturated carbocycles. The van der Waals surface area contributed by atoms with Gasteiger partial charge in [0.25, 0.3) is 0 Å². The largest absolute Gasteiger partial charge is 0.372 e. The van der Waals surface area contributed by atoms with Gasteiger partial charge in [0.05, 0.1) is 5.75 Å². The number of anilines is 1. The number of sulfonamides is 1. The maximum atomic E-state index is 12.4. The van der Waals surface area contributed by atoms with Crippen molar-refractivity contribution in [1.82, 2.24) is 14.9 Å². The third-order valence-electron chi connectivity index (χ3n) is 4.64. The summed E-state index contributed by atoms with van der Waals surface area (Å²) in [7, 11) is -1.49. The molecule has 1 saturated heterocycles. The van der Waals surface area contributed by atoms with E-state index in [1.54, 1.807) is 23.1 Å². The van der Waals surface area contributed by atoms with Gasteiger partial charge in [-0.25, -0.2) is 12.7 Å². The van der Waals surface area contributed by atoms with Crippen molar-refractivity contribution >= 4 is 57.4 Å². The second-order valence-corrected chi connectivity index (χ2v) is 9.84. The first-order valence-electron chi connectivity index (χ1n) is 9.87. The lowest BCUT2D eigenvalue weighted by Crippen LogP contribution is -2.44. The summed E-state index contributed by atoms with van der Waals surface area (Å²) in [5, 5.41) is 6.38. The Labute approximate surface area is 197 Å². The summed E-state index contributed by atoms with van der Waals surface area (Å²) in [6.45, 7) is 6.44. The van der Waals surface area contributed by atoms with Crippen LogP contribution in [0.25, 0.3) is 0 Å². The van der Waals surface area contributed by atoms with Crippen LogP contribution in [0.2, 0.25) is 0 Å². The Kier molecular flexibility index (Phi) is 13.0. The number of halogens is 1. The molecular weight excluding hydrogens is 521 g/mol. The highest BCUT2D eigenvalue weighted by molar-refractivity contribution is 14.0. The first-order chi connectivity index (χ1) is 13.6. The predicted octanol–water partition coefficient (Wildman–Crippen LogP) is 2.06. The molecule has 1 aliphatic rings. The van der Waals surface area contributed by atoms with Crippen molar-refractivity contribution in [3.8, 4) is 0 Å². The predicted molar refractivity (Wildman–Crippen MR) is 136 cm³/mol. The van der Waals surface area contributed by atoms with E-state index in [0.29, 0.717) is 25.6 Å². The van der Waals surface area contributed by atoms with Crippen molar-refractivity contribution in [3.63, 3.8) is 0 Å². The minimum absolute atomic E-state index is 0. The molecule has 1 aromatic rings. The minimum atomic E-state index is -3.19. The van der Waals surface area contributed by atoms with Crippen LogP contribution in [0.1, 0.15) is 13.3 Å². The van der Waals surface area contributed by atoms with Crippen LogP contribution >= 0.6 is 35.7 Å². The zero-order valence-electron chi connectivity index (χ0n) is 17.3. The van der Waals surface area contributed by atoms with Gasteiger partial charge in [0.1, 0.15) is 0 Å². The molecule has 166 valence electrons. The van der Waals surface area contributed by atoms with E-state index in [2.05, 4.69) is 51.7 Å². The molecule has 0 unspecified atom stereocenters. The second-order valence-electron chi connectivity index (χ2n) is 6.52. The molecule has 0 radical (unpaired) electrons. The topological polar surface area (TPSA) is 77.0 Å². The number of nitrogens with one attached hydrogen (secondary N) is 2. The number of hydrogen-bond donors (Lipinski definition) is 2. The molecule has 0 spiro atoms. The van der Waals surface area contributed by atoms with E-state index in [1.807, 2.05) is 6.07 Å². The van der Waals surface area contributed by atoms with Gasteiger partial charge in [0, 0.05) is 63.5 Å². The molecule has 7 nitrogen and oxygen atoms in total. The number of para-hydroxylation sites is 1. The van der Waals surface area contributed by atoms with Crippen molar-refractivity contribution < 1.29 is 8.42 Å². The Balaban J connectivity index is 0.00000420. The Hall–Kier alpha value is -0.720. The van der Waals surface area contributed by atoms with Crippen LogP contribution in [0.15, 0.2) is 35.3 Å². The minimum Gasteiger partial charge on any atom is -0.372 e. The molecule has 0 aliphatic carbocycles. The Morgan fingerprint density at radius 3 is 2.45 bits per heavy atom. The van der Waals surface area contributed by atoms with Crippen LogP contribution in [0.4, 0.5) is 5.69 Å². The van der Waals surface area contributed by atoms with Crippen molar-refractivity contribution in [2.45, 2.75) is 13.3 Å². The molecule has 1 fully saturated rings. The molecular formula is C19H34IN5O2S2. The van der Waals surface area contributed by atoms with E-state index >= 15 is 0 Å². The summed E-state index contributed by atoms with van der Waals surface area (Å²) in [5.41, 5.74) is 1.23.